The molecular formula is C19H24NO3-. The number of hydrogen-bond acceptors (Lipinski definition) is 3. The highest BCUT2D eigenvalue weighted by Crippen LogP contribution is 2.52. The fourth-order valence-corrected chi connectivity index (χ4v) is 4.43. The Balaban J connectivity index is 1.73. The van der Waals surface area contributed by atoms with Crippen molar-refractivity contribution in [2.75, 3.05) is 0 Å². The molecule has 4 nitrogen and oxygen atoms in total. The molecule has 1 amide bonds. The molecule has 1 aromatic carbocycles. The van der Waals surface area contributed by atoms with Gasteiger partial charge in [0.05, 0.1) is 6.04 Å². The van der Waals surface area contributed by atoms with Gasteiger partial charge in [-0.05, 0) is 68.6 Å². The Morgan fingerprint density at radius 1 is 1.13 bits per heavy atom. The van der Waals surface area contributed by atoms with E-state index in [0.29, 0.717) is 0 Å². The van der Waals surface area contributed by atoms with E-state index in [4.69, 9.17) is 0 Å². The minimum atomic E-state index is -1.06. The number of carbonyl (C=O) groups excluding carboxylic acids is 2. The highest BCUT2D eigenvalue weighted by Gasteiger charge is 2.51. The fourth-order valence-electron chi connectivity index (χ4n) is 4.43. The molecule has 2 aliphatic carbocycles. The Labute approximate surface area is 137 Å². The molecule has 0 spiro atoms. The normalized spacial score (nSPS) is 30.2. The molecule has 1 N–H and O–H groups in total. The van der Waals surface area contributed by atoms with Gasteiger partial charge >= 0.3 is 0 Å². The van der Waals surface area contributed by atoms with Crippen LogP contribution in [-0.2, 0) is 9.59 Å². The lowest BCUT2D eigenvalue weighted by Gasteiger charge is -2.31. The molecule has 1 aromatic rings. The lowest BCUT2D eigenvalue weighted by atomic mass is 9.78. The molecule has 2 bridgehead atoms. The van der Waals surface area contributed by atoms with E-state index in [9.17, 15) is 14.7 Å². The Morgan fingerprint density at radius 3 is 2.39 bits per heavy atom. The zero-order valence-electron chi connectivity index (χ0n) is 14.0. The summed E-state index contributed by atoms with van der Waals surface area (Å²) < 4.78 is 0. The molecule has 0 radical (unpaired) electrons. The Morgan fingerprint density at radius 2 is 1.78 bits per heavy atom. The van der Waals surface area contributed by atoms with Gasteiger partial charge in [-0.3, -0.25) is 4.79 Å². The number of carboxylic acids is 1. The minimum absolute atomic E-state index is 0.122. The molecule has 2 saturated carbocycles. The van der Waals surface area contributed by atoms with Crippen LogP contribution in [-0.4, -0.2) is 11.9 Å². The molecule has 0 aliphatic heterocycles. The third-order valence-electron chi connectivity index (χ3n) is 5.88. The van der Waals surface area contributed by atoms with Gasteiger partial charge in [0.1, 0.15) is 0 Å². The van der Waals surface area contributed by atoms with Crippen molar-refractivity contribution in [2.24, 2.45) is 23.7 Å². The number of carbonyl (C=O) groups is 2. The summed E-state index contributed by atoms with van der Waals surface area (Å²) in [5.74, 6) is -1.89. The zero-order chi connectivity index (χ0) is 16.7. The SMILES string of the molecule is Cc1ccc([C@H](C)NC(=O)[C@H]2[C@@H]3CC[C@@H](C3)[C@@H]2C(=O)[O-])cc1C. The Bertz CT molecular complexity index is 640. The van der Waals surface area contributed by atoms with Crippen LogP contribution in [0.15, 0.2) is 18.2 Å². The summed E-state index contributed by atoms with van der Waals surface area (Å²) in [5, 5.41) is 14.5. The van der Waals surface area contributed by atoms with E-state index in [1.54, 1.807) is 0 Å². The maximum Gasteiger partial charge on any atom is 0.224 e. The number of aliphatic carboxylic acids is 1. The second-order valence-electron chi connectivity index (χ2n) is 7.28. The van der Waals surface area contributed by atoms with Crippen LogP contribution in [0.1, 0.15) is 48.9 Å². The average molecular weight is 314 g/mol. The van der Waals surface area contributed by atoms with Crippen LogP contribution in [0.5, 0.6) is 0 Å². The molecule has 0 unspecified atom stereocenters. The quantitative estimate of drug-likeness (QED) is 0.923. The number of fused-ring (bicyclic) bond motifs is 2. The predicted octanol–water partition coefficient (Wildman–Crippen LogP) is 1.89. The first-order valence-corrected chi connectivity index (χ1v) is 8.47. The summed E-state index contributed by atoms with van der Waals surface area (Å²) in [6.45, 7) is 6.06. The first-order valence-electron chi connectivity index (χ1n) is 8.47. The summed E-state index contributed by atoms with van der Waals surface area (Å²) in [7, 11) is 0. The van der Waals surface area contributed by atoms with Crippen LogP contribution >= 0.6 is 0 Å². The van der Waals surface area contributed by atoms with Gasteiger partial charge in [0.2, 0.25) is 5.91 Å². The van der Waals surface area contributed by atoms with E-state index in [2.05, 4.69) is 31.3 Å². The van der Waals surface area contributed by atoms with Crippen molar-refractivity contribution in [1.82, 2.24) is 5.32 Å². The summed E-state index contributed by atoms with van der Waals surface area (Å²) >= 11 is 0. The monoisotopic (exact) mass is 314 g/mol. The molecule has 0 aromatic heterocycles. The standard InChI is InChI=1S/C19H25NO3/c1-10-4-5-13(8-11(10)2)12(3)20-18(21)16-14-6-7-15(9-14)17(16)19(22)23/h4-5,8,12,14-17H,6-7,9H2,1-3H3,(H,20,21)(H,22,23)/p-1/t12-,14+,15-,16-,17-/m0/s1. The number of aryl methyl sites for hydroxylation is 2. The molecule has 124 valence electrons. The maximum atomic E-state index is 12.7. The van der Waals surface area contributed by atoms with Gasteiger partial charge in [0.25, 0.3) is 0 Å². The van der Waals surface area contributed by atoms with Crippen LogP contribution in [0.4, 0.5) is 0 Å². The van der Waals surface area contributed by atoms with E-state index < -0.39 is 17.8 Å². The van der Waals surface area contributed by atoms with E-state index in [1.807, 2.05) is 13.0 Å². The third-order valence-corrected chi connectivity index (χ3v) is 5.88. The van der Waals surface area contributed by atoms with Crippen molar-refractivity contribution in [3.05, 3.63) is 34.9 Å². The second-order valence-corrected chi connectivity index (χ2v) is 7.28. The zero-order valence-corrected chi connectivity index (χ0v) is 14.0. The van der Waals surface area contributed by atoms with Gasteiger partial charge < -0.3 is 15.2 Å². The average Bonchev–Trinajstić information content (AvgIpc) is 3.10. The van der Waals surface area contributed by atoms with Crippen molar-refractivity contribution < 1.29 is 14.7 Å². The lowest BCUT2D eigenvalue weighted by Crippen LogP contribution is -2.46. The number of amides is 1. The highest BCUT2D eigenvalue weighted by molar-refractivity contribution is 5.85. The van der Waals surface area contributed by atoms with Gasteiger partial charge in [-0.15, -0.1) is 0 Å². The molecular weight excluding hydrogens is 290 g/mol. The van der Waals surface area contributed by atoms with Crippen LogP contribution < -0.4 is 10.4 Å². The number of carboxylic acid groups (broad SMARTS) is 1. The molecule has 3 rings (SSSR count). The molecule has 5 atom stereocenters. The highest BCUT2D eigenvalue weighted by atomic mass is 16.4. The van der Waals surface area contributed by atoms with Crippen LogP contribution in [0.3, 0.4) is 0 Å². The van der Waals surface area contributed by atoms with Crippen LogP contribution in [0, 0.1) is 37.5 Å². The van der Waals surface area contributed by atoms with Crippen LogP contribution in [0.25, 0.3) is 0 Å². The first kappa shape index (κ1) is 16.0. The topological polar surface area (TPSA) is 69.2 Å². The van der Waals surface area contributed by atoms with Crippen molar-refractivity contribution >= 4 is 11.9 Å². The van der Waals surface area contributed by atoms with Crippen molar-refractivity contribution in [3.8, 4) is 0 Å². The Kier molecular flexibility index (Phi) is 4.17. The molecule has 23 heavy (non-hydrogen) atoms. The smallest absolute Gasteiger partial charge is 0.224 e. The van der Waals surface area contributed by atoms with Gasteiger partial charge in [-0.1, -0.05) is 18.2 Å². The Hall–Kier alpha value is -1.84. The van der Waals surface area contributed by atoms with Crippen LogP contribution in [0.2, 0.25) is 0 Å². The molecule has 0 heterocycles. The number of hydrogen-bond donors (Lipinski definition) is 1. The number of nitrogens with one attached hydrogen (secondary N) is 1. The number of rotatable bonds is 4. The van der Waals surface area contributed by atoms with Crippen molar-refractivity contribution in [3.63, 3.8) is 0 Å². The lowest BCUT2D eigenvalue weighted by molar-refractivity contribution is -0.314. The van der Waals surface area contributed by atoms with Crippen molar-refractivity contribution in [2.45, 2.75) is 46.1 Å². The summed E-state index contributed by atoms with van der Waals surface area (Å²) in [4.78, 5) is 24.1. The molecule has 4 heteroatoms. The van der Waals surface area contributed by atoms with Gasteiger partial charge in [-0.2, -0.15) is 0 Å². The summed E-state index contributed by atoms with van der Waals surface area (Å²) in [6, 6.07) is 6.03. The van der Waals surface area contributed by atoms with Gasteiger partial charge in [0, 0.05) is 17.8 Å². The van der Waals surface area contributed by atoms with Gasteiger partial charge in [-0.25, -0.2) is 0 Å². The molecule has 2 aliphatic rings. The van der Waals surface area contributed by atoms with Crippen molar-refractivity contribution in [1.29, 1.82) is 0 Å². The van der Waals surface area contributed by atoms with E-state index >= 15 is 0 Å². The first-order chi connectivity index (χ1) is 10.9. The largest absolute Gasteiger partial charge is 0.550 e. The van der Waals surface area contributed by atoms with E-state index in [1.165, 1.54) is 11.1 Å². The summed E-state index contributed by atoms with van der Waals surface area (Å²) in [6.07, 6.45) is 2.74. The third kappa shape index (κ3) is 2.87. The fraction of sp³-hybridized carbons (Fsp3) is 0.579. The molecule has 0 saturated heterocycles. The second kappa shape index (κ2) is 5.99. The van der Waals surface area contributed by atoms with E-state index in [-0.39, 0.29) is 23.8 Å². The predicted molar refractivity (Wildman–Crippen MR) is 85.3 cm³/mol. The minimum Gasteiger partial charge on any atom is -0.550 e. The van der Waals surface area contributed by atoms with E-state index in [0.717, 1.165) is 24.8 Å². The maximum absolute atomic E-state index is 12.7. The number of benzene rings is 1. The van der Waals surface area contributed by atoms with Gasteiger partial charge in [0.15, 0.2) is 0 Å². The molecule has 2 fully saturated rings. The summed E-state index contributed by atoms with van der Waals surface area (Å²) in [5.41, 5.74) is 3.46.